The number of pyridine rings is 1. The molecule has 11 nitrogen and oxygen atoms in total. The zero-order chi connectivity index (χ0) is 24.6. The second kappa shape index (κ2) is 11.3. The van der Waals surface area contributed by atoms with Crippen LogP contribution in [0.1, 0.15) is 47.3 Å². The van der Waals surface area contributed by atoms with E-state index in [-0.39, 0.29) is 23.9 Å². The van der Waals surface area contributed by atoms with E-state index >= 15 is 0 Å². The number of aromatic nitrogens is 3. The highest BCUT2D eigenvalue weighted by molar-refractivity contribution is 5.99. The molecular formula is C24H28N6O5. The number of amides is 2. The van der Waals surface area contributed by atoms with Gasteiger partial charge in [-0.3, -0.25) is 19.4 Å². The number of nitrogens with zero attached hydrogens (tertiary/aromatic N) is 1. The van der Waals surface area contributed by atoms with Crippen molar-refractivity contribution in [2.24, 2.45) is 5.92 Å². The molecule has 2 amide bonds. The first kappa shape index (κ1) is 24.0. The van der Waals surface area contributed by atoms with Crippen LogP contribution in [0.15, 0.2) is 47.4 Å². The van der Waals surface area contributed by atoms with E-state index < -0.39 is 11.6 Å². The molecule has 184 valence electrons. The van der Waals surface area contributed by atoms with Crippen molar-refractivity contribution in [3.05, 3.63) is 69.9 Å². The van der Waals surface area contributed by atoms with E-state index in [0.29, 0.717) is 36.1 Å². The van der Waals surface area contributed by atoms with Gasteiger partial charge in [0.2, 0.25) is 11.8 Å². The Morgan fingerprint density at radius 2 is 1.94 bits per heavy atom. The lowest BCUT2D eigenvalue weighted by molar-refractivity contribution is -0.115. The second-order valence-electron chi connectivity index (χ2n) is 8.47. The van der Waals surface area contributed by atoms with Gasteiger partial charge in [-0.15, -0.1) is 0 Å². The average Bonchev–Trinajstić information content (AvgIpc) is 3.47. The maximum Gasteiger partial charge on any atom is 0.325 e. The molecule has 1 aliphatic rings. The normalized spacial score (nSPS) is 13.5. The standard InChI is InChI=1S/C24H28N6O5/c31-21(12-19-23(33)29-24(34)27-19)28-20-11-16(9-10-25-20)13-26-18-8-4-3-7-17(18)22(32)30-35-14-15-5-1-2-6-15/h3-4,7-11,15,26,33H,1-2,5-6,12-14H2,(H,30,32)(H,25,28,31)(H2,27,29,34). The quantitative estimate of drug-likeness (QED) is 0.243. The second-order valence-corrected chi connectivity index (χ2v) is 8.47. The monoisotopic (exact) mass is 480 g/mol. The number of hydrogen-bond acceptors (Lipinski definition) is 7. The SMILES string of the molecule is O=C(Cc1[nH]c(=O)[nH]c1O)Nc1cc(CNc2ccccc2C(=O)NOCC2CCCC2)ccn1. The van der Waals surface area contributed by atoms with Crippen LogP contribution in [0.3, 0.4) is 0 Å². The summed E-state index contributed by atoms with van der Waals surface area (Å²) in [6.45, 7) is 0.900. The van der Waals surface area contributed by atoms with Gasteiger partial charge in [0.25, 0.3) is 5.91 Å². The number of hydrogen-bond donors (Lipinski definition) is 6. The molecule has 0 radical (unpaired) electrons. The van der Waals surface area contributed by atoms with E-state index in [4.69, 9.17) is 4.84 Å². The molecule has 1 saturated carbocycles. The van der Waals surface area contributed by atoms with Crippen LogP contribution in [-0.2, 0) is 22.6 Å². The minimum atomic E-state index is -0.592. The summed E-state index contributed by atoms with van der Waals surface area (Å²) in [6, 6.07) is 10.6. The maximum absolute atomic E-state index is 12.6. The van der Waals surface area contributed by atoms with Gasteiger partial charge >= 0.3 is 5.69 Å². The number of benzene rings is 1. The number of para-hydroxylation sites is 1. The molecule has 35 heavy (non-hydrogen) atoms. The van der Waals surface area contributed by atoms with Gasteiger partial charge in [-0.1, -0.05) is 25.0 Å². The van der Waals surface area contributed by atoms with E-state index in [1.807, 2.05) is 6.07 Å². The van der Waals surface area contributed by atoms with E-state index in [9.17, 15) is 19.5 Å². The number of aromatic hydroxyl groups is 1. The maximum atomic E-state index is 12.6. The lowest BCUT2D eigenvalue weighted by atomic mass is 10.1. The average molecular weight is 481 g/mol. The van der Waals surface area contributed by atoms with Crippen LogP contribution in [-0.4, -0.2) is 38.5 Å². The molecule has 0 spiro atoms. The van der Waals surface area contributed by atoms with Gasteiger partial charge < -0.3 is 20.7 Å². The van der Waals surface area contributed by atoms with Crippen molar-refractivity contribution in [3.8, 4) is 5.88 Å². The minimum Gasteiger partial charge on any atom is -0.493 e. The molecular weight excluding hydrogens is 452 g/mol. The number of anilines is 2. The van der Waals surface area contributed by atoms with Crippen LogP contribution >= 0.6 is 0 Å². The predicted molar refractivity (Wildman–Crippen MR) is 129 cm³/mol. The first-order valence-corrected chi connectivity index (χ1v) is 11.5. The van der Waals surface area contributed by atoms with Crippen LogP contribution < -0.4 is 21.8 Å². The number of carbonyl (C=O) groups excluding carboxylic acids is 2. The summed E-state index contributed by atoms with van der Waals surface area (Å²) < 4.78 is 0. The van der Waals surface area contributed by atoms with Gasteiger partial charge in [0.1, 0.15) is 5.82 Å². The van der Waals surface area contributed by atoms with Crippen LogP contribution in [0, 0.1) is 5.92 Å². The largest absolute Gasteiger partial charge is 0.493 e. The smallest absolute Gasteiger partial charge is 0.325 e. The van der Waals surface area contributed by atoms with Crippen LogP contribution in [0.4, 0.5) is 11.5 Å². The van der Waals surface area contributed by atoms with Crippen molar-refractivity contribution in [1.29, 1.82) is 0 Å². The van der Waals surface area contributed by atoms with Crippen molar-refractivity contribution < 1.29 is 19.5 Å². The van der Waals surface area contributed by atoms with Gasteiger partial charge in [-0.05, 0) is 48.6 Å². The minimum absolute atomic E-state index is 0.0902. The number of nitrogens with one attached hydrogen (secondary N) is 5. The predicted octanol–water partition coefficient (Wildman–Crippen LogP) is 2.45. The van der Waals surface area contributed by atoms with E-state index in [1.165, 1.54) is 12.8 Å². The lowest BCUT2D eigenvalue weighted by Crippen LogP contribution is -2.27. The van der Waals surface area contributed by atoms with Crippen molar-refractivity contribution in [2.75, 3.05) is 17.2 Å². The number of carbonyl (C=O) groups is 2. The fourth-order valence-electron chi connectivity index (χ4n) is 4.03. The molecule has 0 bridgehead atoms. The topological polar surface area (TPSA) is 161 Å². The molecule has 0 atom stereocenters. The Balaban J connectivity index is 1.32. The number of hydroxylamine groups is 1. The summed E-state index contributed by atoms with van der Waals surface area (Å²) in [5.41, 5.74) is 3.96. The molecule has 0 aliphatic heterocycles. The number of imidazole rings is 1. The van der Waals surface area contributed by atoms with Crippen molar-refractivity contribution in [2.45, 2.75) is 38.6 Å². The first-order chi connectivity index (χ1) is 17.0. The Hall–Kier alpha value is -4.12. The molecule has 1 fully saturated rings. The molecule has 3 aromatic rings. The van der Waals surface area contributed by atoms with Crippen LogP contribution in [0.2, 0.25) is 0 Å². The number of H-pyrrole nitrogens is 2. The number of aromatic amines is 2. The molecule has 1 aliphatic carbocycles. The molecule has 1 aromatic carbocycles. The van der Waals surface area contributed by atoms with E-state index in [2.05, 4.69) is 31.1 Å². The summed E-state index contributed by atoms with van der Waals surface area (Å²) in [5.74, 6) is -0.325. The highest BCUT2D eigenvalue weighted by Crippen LogP contribution is 2.24. The third-order valence-corrected chi connectivity index (χ3v) is 5.82. The molecule has 6 N–H and O–H groups in total. The van der Waals surface area contributed by atoms with Crippen molar-refractivity contribution in [3.63, 3.8) is 0 Å². The third kappa shape index (κ3) is 6.70. The van der Waals surface area contributed by atoms with Gasteiger partial charge in [0.05, 0.1) is 24.3 Å². The fourth-order valence-corrected chi connectivity index (χ4v) is 4.03. The Kier molecular flexibility index (Phi) is 7.78. The van der Waals surface area contributed by atoms with Crippen LogP contribution in [0.5, 0.6) is 5.88 Å². The van der Waals surface area contributed by atoms with Gasteiger partial charge in [-0.25, -0.2) is 15.3 Å². The van der Waals surface area contributed by atoms with Gasteiger partial charge in [0, 0.05) is 18.4 Å². The highest BCUT2D eigenvalue weighted by Gasteiger charge is 2.17. The third-order valence-electron chi connectivity index (χ3n) is 5.82. The van der Waals surface area contributed by atoms with E-state index in [1.54, 1.807) is 36.5 Å². The summed E-state index contributed by atoms with van der Waals surface area (Å²) >= 11 is 0. The number of rotatable bonds is 10. The van der Waals surface area contributed by atoms with Crippen LogP contribution in [0.25, 0.3) is 0 Å². The molecule has 0 saturated heterocycles. The first-order valence-electron chi connectivity index (χ1n) is 11.5. The fraction of sp³-hybridized carbons (Fsp3) is 0.333. The molecule has 0 unspecified atom stereocenters. The molecule has 2 heterocycles. The molecule has 11 heteroatoms. The Labute approximate surface area is 201 Å². The lowest BCUT2D eigenvalue weighted by Gasteiger charge is -2.14. The molecule has 2 aromatic heterocycles. The van der Waals surface area contributed by atoms with Gasteiger partial charge in [0.15, 0.2) is 0 Å². The zero-order valence-electron chi connectivity index (χ0n) is 19.1. The van der Waals surface area contributed by atoms with Gasteiger partial charge in [-0.2, -0.15) is 0 Å². The molecule has 4 rings (SSSR count). The van der Waals surface area contributed by atoms with Crippen molar-refractivity contribution in [1.82, 2.24) is 20.4 Å². The Morgan fingerprint density at radius 3 is 2.71 bits per heavy atom. The summed E-state index contributed by atoms with van der Waals surface area (Å²) in [5, 5.41) is 15.5. The Bertz CT molecular complexity index is 1230. The zero-order valence-corrected chi connectivity index (χ0v) is 19.1. The highest BCUT2D eigenvalue weighted by atomic mass is 16.7. The summed E-state index contributed by atoms with van der Waals surface area (Å²) in [6.07, 6.45) is 6.03. The summed E-state index contributed by atoms with van der Waals surface area (Å²) in [7, 11) is 0. The van der Waals surface area contributed by atoms with Crippen molar-refractivity contribution >= 4 is 23.3 Å². The Morgan fingerprint density at radius 1 is 1.14 bits per heavy atom. The van der Waals surface area contributed by atoms with E-state index in [0.717, 1.165) is 18.4 Å². The summed E-state index contributed by atoms with van der Waals surface area (Å²) in [4.78, 5) is 50.2.